The van der Waals surface area contributed by atoms with Gasteiger partial charge < -0.3 is 5.32 Å². The fraction of sp³-hybridized carbons (Fsp3) is 0.214. The Kier molecular flexibility index (Phi) is 3.57. The first kappa shape index (κ1) is 12.1. The third-order valence-electron chi connectivity index (χ3n) is 2.91. The number of anilines is 2. The molecule has 18 heavy (non-hydrogen) atoms. The Hall–Kier alpha value is -1.00. The quantitative estimate of drug-likeness (QED) is 0.873. The summed E-state index contributed by atoms with van der Waals surface area (Å²) in [6.07, 6.45) is 4.26. The lowest BCUT2D eigenvalue weighted by Gasteiger charge is -2.16. The molecule has 2 aromatic rings. The van der Waals surface area contributed by atoms with E-state index in [0.717, 1.165) is 16.0 Å². The highest BCUT2D eigenvalue weighted by Crippen LogP contribution is 2.32. The maximum absolute atomic E-state index is 4.32. The molecule has 1 aliphatic rings. The van der Waals surface area contributed by atoms with E-state index >= 15 is 0 Å². The molecule has 3 rings (SSSR count). The predicted molar refractivity (Wildman–Crippen MR) is 80.7 cm³/mol. The molecule has 0 radical (unpaired) electrons. The second kappa shape index (κ2) is 5.33. The number of benzene rings is 1. The Morgan fingerprint density at radius 3 is 3.00 bits per heavy atom. The van der Waals surface area contributed by atoms with Crippen LogP contribution < -0.4 is 5.32 Å². The minimum Gasteiger partial charge on any atom is -0.340 e. The van der Waals surface area contributed by atoms with E-state index in [9.17, 15) is 0 Å². The number of nitrogens with one attached hydrogen (secondary N) is 1. The number of rotatable bonds is 2. The summed E-state index contributed by atoms with van der Waals surface area (Å²) in [6, 6.07) is 10.5. The van der Waals surface area contributed by atoms with Crippen LogP contribution in [0.15, 0.2) is 45.9 Å². The van der Waals surface area contributed by atoms with Crippen LogP contribution in [0.25, 0.3) is 0 Å². The van der Waals surface area contributed by atoms with Crippen LogP contribution in [-0.4, -0.2) is 10.7 Å². The molecule has 0 spiro atoms. The second-order valence-electron chi connectivity index (χ2n) is 4.26. The number of pyridine rings is 1. The van der Waals surface area contributed by atoms with E-state index < -0.39 is 0 Å². The molecule has 0 amide bonds. The summed E-state index contributed by atoms with van der Waals surface area (Å²) in [7, 11) is 0. The van der Waals surface area contributed by atoms with E-state index in [1.165, 1.54) is 29.1 Å². The lowest BCUT2D eigenvalue weighted by Crippen LogP contribution is -2.00. The number of aromatic nitrogens is 1. The number of halogens is 1. The monoisotopic (exact) mass is 320 g/mol. The van der Waals surface area contributed by atoms with E-state index in [1.54, 1.807) is 6.20 Å². The van der Waals surface area contributed by atoms with Crippen molar-refractivity contribution in [2.45, 2.75) is 17.7 Å². The van der Waals surface area contributed by atoms with Gasteiger partial charge in [0.15, 0.2) is 0 Å². The zero-order valence-electron chi connectivity index (χ0n) is 9.82. The number of thioether (sulfide) groups is 1. The topological polar surface area (TPSA) is 24.9 Å². The molecule has 0 aliphatic carbocycles. The first-order valence-electron chi connectivity index (χ1n) is 5.95. The summed E-state index contributed by atoms with van der Waals surface area (Å²) in [4.78, 5) is 5.75. The molecule has 2 heterocycles. The third kappa shape index (κ3) is 2.70. The number of hydrogen-bond acceptors (Lipinski definition) is 3. The van der Waals surface area contributed by atoms with Gasteiger partial charge in [0, 0.05) is 21.3 Å². The van der Waals surface area contributed by atoms with Gasteiger partial charge in [-0.1, -0.05) is 0 Å². The lowest BCUT2D eigenvalue weighted by atomic mass is 10.1. The van der Waals surface area contributed by atoms with Crippen molar-refractivity contribution in [3.8, 4) is 0 Å². The summed E-state index contributed by atoms with van der Waals surface area (Å²) in [5.74, 6) is 2.12. The fourth-order valence-corrected chi connectivity index (χ4v) is 3.29. The Bertz CT molecular complexity index is 554. The molecule has 0 unspecified atom stereocenters. The van der Waals surface area contributed by atoms with Gasteiger partial charge in [0.2, 0.25) is 0 Å². The van der Waals surface area contributed by atoms with E-state index in [1.807, 2.05) is 23.9 Å². The Morgan fingerprint density at radius 2 is 2.17 bits per heavy atom. The zero-order chi connectivity index (χ0) is 12.4. The van der Waals surface area contributed by atoms with E-state index in [-0.39, 0.29) is 0 Å². The molecule has 92 valence electrons. The van der Waals surface area contributed by atoms with Crippen LogP contribution in [0.3, 0.4) is 0 Å². The van der Waals surface area contributed by atoms with Crippen LogP contribution in [0.2, 0.25) is 0 Å². The van der Waals surface area contributed by atoms with Gasteiger partial charge in [-0.25, -0.2) is 4.98 Å². The van der Waals surface area contributed by atoms with Crippen molar-refractivity contribution in [1.29, 1.82) is 0 Å². The van der Waals surface area contributed by atoms with Gasteiger partial charge in [0.25, 0.3) is 0 Å². The molecule has 1 aliphatic heterocycles. The second-order valence-corrected chi connectivity index (χ2v) is 6.31. The van der Waals surface area contributed by atoms with E-state index in [2.05, 4.69) is 44.4 Å². The molecule has 1 N–H and O–H groups in total. The summed E-state index contributed by atoms with van der Waals surface area (Å²) in [5, 5.41) is 3.34. The molecule has 1 aromatic carbocycles. The molecule has 0 saturated heterocycles. The minimum atomic E-state index is 0.876. The molecule has 0 atom stereocenters. The molecule has 2 nitrogen and oxygen atoms in total. The molecule has 0 saturated carbocycles. The summed E-state index contributed by atoms with van der Waals surface area (Å²) in [6.45, 7) is 0. The van der Waals surface area contributed by atoms with Crippen molar-refractivity contribution in [2.75, 3.05) is 11.1 Å². The smallest absolute Gasteiger partial charge is 0.130 e. The average Bonchev–Trinajstić information content (AvgIpc) is 2.41. The van der Waals surface area contributed by atoms with Gasteiger partial charge in [-0.2, -0.15) is 0 Å². The van der Waals surface area contributed by atoms with Crippen LogP contribution in [0.1, 0.15) is 12.0 Å². The third-order valence-corrected chi connectivity index (χ3v) is 4.58. The van der Waals surface area contributed by atoms with E-state index in [4.69, 9.17) is 0 Å². The summed E-state index contributed by atoms with van der Waals surface area (Å²) < 4.78 is 0.995. The highest BCUT2D eigenvalue weighted by Gasteiger charge is 2.10. The van der Waals surface area contributed by atoms with E-state index in [0.29, 0.717) is 0 Å². The van der Waals surface area contributed by atoms with Crippen LogP contribution in [0, 0.1) is 0 Å². The maximum atomic E-state index is 4.32. The Morgan fingerprint density at radius 1 is 1.22 bits per heavy atom. The van der Waals surface area contributed by atoms with Crippen LogP contribution in [0.5, 0.6) is 0 Å². The van der Waals surface area contributed by atoms with Crippen molar-refractivity contribution < 1.29 is 0 Å². The fourth-order valence-electron chi connectivity index (χ4n) is 2.04. The standard InChI is InChI=1S/C14H13BrN2S/c15-11-3-6-14(16-9-11)17-12-4-5-13-10(8-12)2-1-7-18-13/h3-6,8-9H,1-2,7H2,(H,16,17). The zero-order valence-corrected chi connectivity index (χ0v) is 12.2. The lowest BCUT2D eigenvalue weighted by molar-refractivity contribution is 0.890. The van der Waals surface area contributed by atoms with Crippen molar-refractivity contribution in [1.82, 2.24) is 4.98 Å². The van der Waals surface area contributed by atoms with Gasteiger partial charge in [-0.3, -0.25) is 0 Å². The van der Waals surface area contributed by atoms with Crippen molar-refractivity contribution in [2.24, 2.45) is 0 Å². The van der Waals surface area contributed by atoms with Crippen molar-refractivity contribution in [3.05, 3.63) is 46.6 Å². The van der Waals surface area contributed by atoms with Crippen LogP contribution >= 0.6 is 27.7 Å². The van der Waals surface area contributed by atoms with Gasteiger partial charge in [0.1, 0.15) is 5.82 Å². The molecule has 0 fully saturated rings. The molecular weight excluding hydrogens is 308 g/mol. The van der Waals surface area contributed by atoms with Crippen LogP contribution in [0.4, 0.5) is 11.5 Å². The van der Waals surface area contributed by atoms with Crippen molar-refractivity contribution in [3.63, 3.8) is 0 Å². The first-order valence-corrected chi connectivity index (χ1v) is 7.73. The highest BCUT2D eigenvalue weighted by molar-refractivity contribution is 9.10. The molecule has 1 aromatic heterocycles. The van der Waals surface area contributed by atoms with Gasteiger partial charge in [-0.15, -0.1) is 11.8 Å². The number of aryl methyl sites for hydroxylation is 1. The maximum Gasteiger partial charge on any atom is 0.130 e. The van der Waals surface area contributed by atoms with Gasteiger partial charge in [-0.05, 0) is 70.4 Å². The largest absolute Gasteiger partial charge is 0.340 e. The minimum absolute atomic E-state index is 0.876. The Balaban J connectivity index is 1.82. The molecular formula is C14H13BrN2S. The van der Waals surface area contributed by atoms with Gasteiger partial charge in [0.05, 0.1) is 0 Å². The number of hydrogen-bond donors (Lipinski definition) is 1. The first-order chi connectivity index (χ1) is 8.81. The SMILES string of the molecule is Brc1ccc(Nc2ccc3c(c2)CCCS3)nc1. The average molecular weight is 321 g/mol. The molecule has 4 heteroatoms. The predicted octanol–water partition coefficient (Wildman–Crippen LogP) is 4.63. The summed E-state index contributed by atoms with van der Waals surface area (Å²) >= 11 is 5.34. The van der Waals surface area contributed by atoms with Crippen molar-refractivity contribution >= 4 is 39.2 Å². The Labute approximate surface area is 119 Å². The molecule has 0 bridgehead atoms. The van der Waals surface area contributed by atoms with Gasteiger partial charge >= 0.3 is 0 Å². The summed E-state index contributed by atoms with van der Waals surface area (Å²) in [5.41, 5.74) is 2.57. The number of fused-ring (bicyclic) bond motifs is 1. The normalized spacial score (nSPS) is 14.1. The van der Waals surface area contributed by atoms with Crippen LogP contribution in [-0.2, 0) is 6.42 Å². The number of nitrogens with zero attached hydrogens (tertiary/aromatic N) is 1. The highest BCUT2D eigenvalue weighted by atomic mass is 79.9.